The number of aliphatic hydroxyl groups is 3. The van der Waals surface area contributed by atoms with Crippen molar-refractivity contribution in [1.82, 2.24) is 0 Å². The van der Waals surface area contributed by atoms with Crippen LogP contribution in [0.15, 0.2) is 0 Å². The molecule has 1 rings (SSSR count). The maximum absolute atomic E-state index is 11.7. The van der Waals surface area contributed by atoms with Crippen LogP contribution in [0.5, 0.6) is 0 Å². The molecule has 0 aliphatic carbocycles. The lowest BCUT2D eigenvalue weighted by Gasteiger charge is -2.39. The Balaban J connectivity index is 2.19. The summed E-state index contributed by atoms with van der Waals surface area (Å²) in [4.78, 5) is 11.7. The van der Waals surface area contributed by atoms with Gasteiger partial charge in [0.05, 0.1) is 0 Å². The maximum atomic E-state index is 11.7. The molecule has 0 aromatic rings. The lowest BCUT2D eigenvalue weighted by Crippen LogP contribution is -2.59. The van der Waals surface area contributed by atoms with Gasteiger partial charge in [0.2, 0.25) is 0 Å². The summed E-state index contributed by atoms with van der Waals surface area (Å²) in [5, 5.41) is 29.3. The summed E-state index contributed by atoms with van der Waals surface area (Å²) >= 11 is 0. The Morgan fingerprint density at radius 1 is 0.958 bits per heavy atom. The van der Waals surface area contributed by atoms with Gasteiger partial charge in [-0.15, -0.1) is 0 Å². The molecular formula is C17H32O7. The first-order chi connectivity index (χ1) is 11.5. The summed E-state index contributed by atoms with van der Waals surface area (Å²) in [7, 11) is 1.32. The van der Waals surface area contributed by atoms with Crippen molar-refractivity contribution in [2.45, 2.75) is 89.0 Å². The zero-order valence-corrected chi connectivity index (χ0v) is 14.7. The van der Waals surface area contributed by atoms with Gasteiger partial charge in [-0.1, -0.05) is 45.4 Å². The molecule has 0 amide bonds. The van der Waals surface area contributed by atoms with Crippen molar-refractivity contribution < 1.29 is 34.3 Å². The minimum absolute atomic E-state index is 0.180. The lowest BCUT2D eigenvalue weighted by molar-refractivity contribution is -0.295. The van der Waals surface area contributed by atoms with Crippen molar-refractivity contribution in [2.75, 3.05) is 13.7 Å². The van der Waals surface area contributed by atoms with E-state index in [0.717, 1.165) is 19.3 Å². The van der Waals surface area contributed by atoms with Gasteiger partial charge in [0, 0.05) is 13.5 Å². The Labute approximate surface area is 143 Å². The van der Waals surface area contributed by atoms with Gasteiger partial charge >= 0.3 is 5.97 Å². The third-order valence-electron chi connectivity index (χ3n) is 4.29. The molecule has 1 aliphatic rings. The topological polar surface area (TPSA) is 105 Å². The molecule has 7 nitrogen and oxygen atoms in total. The summed E-state index contributed by atoms with van der Waals surface area (Å²) in [6, 6.07) is 0. The summed E-state index contributed by atoms with van der Waals surface area (Å²) in [6.45, 7) is 2.00. The van der Waals surface area contributed by atoms with E-state index in [1.165, 1.54) is 32.8 Å². The van der Waals surface area contributed by atoms with Crippen molar-refractivity contribution in [3.63, 3.8) is 0 Å². The van der Waals surface area contributed by atoms with Gasteiger partial charge in [-0.25, -0.2) is 0 Å². The first kappa shape index (κ1) is 21.3. The molecule has 0 spiro atoms. The summed E-state index contributed by atoms with van der Waals surface area (Å²) < 4.78 is 15.3. The van der Waals surface area contributed by atoms with Crippen LogP contribution < -0.4 is 0 Å². The van der Waals surface area contributed by atoms with Gasteiger partial charge in [-0.2, -0.15) is 0 Å². The Bertz CT molecular complexity index is 348. The van der Waals surface area contributed by atoms with E-state index >= 15 is 0 Å². The fraction of sp³-hybridized carbons (Fsp3) is 0.941. The van der Waals surface area contributed by atoms with Crippen LogP contribution in [-0.4, -0.2) is 65.7 Å². The van der Waals surface area contributed by atoms with Crippen molar-refractivity contribution >= 4 is 5.97 Å². The first-order valence-electron chi connectivity index (χ1n) is 8.89. The van der Waals surface area contributed by atoms with E-state index in [-0.39, 0.29) is 12.6 Å². The van der Waals surface area contributed by atoms with Crippen LogP contribution >= 0.6 is 0 Å². The van der Waals surface area contributed by atoms with Gasteiger partial charge in [0.1, 0.15) is 31.0 Å². The van der Waals surface area contributed by atoms with Crippen molar-refractivity contribution in [3.8, 4) is 0 Å². The first-order valence-corrected chi connectivity index (χ1v) is 8.89. The predicted molar refractivity (Wildman–Crippen MR) is 87.3 cm³/mol. The van der Waals surface area contributed by atoms with E-state index in [4.69, 9.17) is 14.2 Å². The fourth-order valence-corrected chi connectivity index (χ4v) is 2.72. The van der Waals surface area contributed by atoms with Crippen LogP contribution in [-0.2, 0) is 19.0 Å². The van der Waals surface area contributed by atoms with E-state index in [1.807, 2.05) is 0 Å². The molecule has 3 N–H and O–H groups in total. The minimum Gasteiger partial charge on any atom is -0.463 e. The normalized spacial score (nSPS) is 30.3. The number of methoxy groups -OCH3 is 1. The highest BCUT2D eigenvalue weighted by Crippen LogP contribution is 2.22. The van der Waals surface area contributed by atoms with Gasteiger partial charge in [0.25, 0.3) is 0 Å². The number of hydrogen-bond donors (Lipinski definition) is 3. The zero-order chi connectivity index (χ0) is 17.9. The Kier molecular flexibility index (Phi) is 10.4. The molecule has 1 unspecified atom stereocenters. The van der Waals surface area contributed by atoms with Crippen LogP contribution in [0.2, 0.25) is 0 Å². The third-order valence-corrected chi connectivity index (χ3v) is 4.29. The number of esters is 1. The Morgan fingerprint density at radius 3 is 2.21 bits per heavy atom. The van der Waals surface area contributed by atoms with E-state index in [1.54, 1.807) is 0 Å². The van der Waals surface area contributed by atoms with Crippen LogP contribution in [0.25, 0.3) is 0 Å². The van der Waals surface area contributed by atoms with Crippen LogP contribution in [0.1, 0.15) is 58.3 Å². The Hall–Kier alpha value is -0.730. The molecule has 7 heteroatoms. The molecule has 1 fully saturated rings. The molecule has 24 heavy (non-hydrogen) atoms. The van der Waals surface area contributed by atoms with Crippen molar-refractivity contribution in [2.24, 2.45) is 0 Å². The number of rotatable bonds is 11. The highest BCUT2D eigenvalue weighted by atomic mass is 16.7. The second-order valence-electron chi connectivity index (χ2n) is 6.30. The monoisotopic (exact) mass is 348 g/mol. The minimum atomic E-state index is -1.41. The average Bonchev–Trinajstić information content (AvgIpc) is 2.58. The Morgan fingerprint density at radius 2 is 1.58 bits per heavy atom. The maximum Gasteiger partial charge on any atom is 0.305 e. The van der Waals surface area contributed by atoms with Crippen LogP contribution in [0.4, 0.5) is 0 Å². The largest absolute Gasteiger partial charge is 0.463 e. The van der Waals surface area contributed by atoms with Crippen molar-refractivity contribution in [1.29, 1.82) is 0 Å². The van der Waals surface area contributed by atoms with E-state index in [9.17, 15) is 20.1 Å². The molecule has 0 radical (unpaired) electrons. The average molecular weight is 348 g/mol. The van der Waals surface area contributed by atoms with Gasteiger partial charge in [0.15, 0.2) is 6.29 Å². The number of hydrogen-bond acceptors (Lipinski definition) is 7. The number of aliphatic hydroxyl groups excluding tert-OH is 3. The summed E-state index contributed by atoms with van der Waals surface area (Å²) in [5.41, 5.74) is 0. The number of ether oxygens (including phenoxy) is 3. The molecule has 0 saturated carbocycles. The molecule has 142 valence electrons. The fourth-order valence-electron chi connectivity index (χ4n) is 2.72. The van der Waals surface area contributed by atoms with Gasteiger partial charge in [-0.3, -0.25) is 4.79 Å². The summed E-state index contributed by atoms with van der Waals surface area (Å²) in [6.07, 6.45) is 2.08. The van der Waals surface area contributed by atoms with E-state index < -0.39 is 30.7 Å². The number of unbranched alkanes of at least 4 members (excludes halogenated alkanes) is 6. The zero-order valence-electron chi connectivity index (χ0n) is 14.7. The predicted octanol–water partition coefficient (Wildman–Crippen LogP) is 1.12. The van der Waals surface area contributed by atoms with E-state index in [2.05, 4.69) is 6.92 Å². The number of carbonyl (C=O) groups is 1. The second-order valence-corrected chi connectivity index (χ2v) is 6.30. The molecule has 1 saturated heterocycles. The SMILES string of the molecule is CCCCCCCCCC(=O)OC[C@H]1OC(OC)[C@H](O)[C@@H](O)[C@@H]1O. The highest BCUT2D eigenvalue weighted by molar-refractivity contribution is 5.69. The number of carbonyl (C=O) groups excluding carboxylic acids is 1. The van der Waals surface area contributed by atoms with Crippen LogP contribution in [0, 0.1) is 0 Å². The summed E-state index contributed by atoms with van der Waals surface area (Å²) in [5.74, 6) is -0.353. The molecular weight excluding hydrogens is 316 g/mol. The second kappa shape index (κ2) is 11.8. The van der Waals surface area contributed by atoms with Crippen molar-refractivity contribution in [3.05, 3.63) is 0 Å². The van der Waals surface area contributed by atoms with Crippen LogP contribution in [0.3, 0.4) is 0 Å². The molecule has 0 bridgehead atoms. The molecule has 0 aromatic carbocycles. The van der Waals surface area contributed by atoms with E-state index in [0.29, 0.717) is 6.42 Å². The highest BCUT2D eigenvalue weighted by Gasteiger charge is 2.44. The molecule has 1 heterocycles. The standard InChI is InChI=1S/C17H32O7/c1-3-4-5-6-7-8-9-10-13(18)23-11-12-14(19)15(20)16(21)17(22-2)24-12/h12,14-17,19-21H,3-11H2,1-2H3/t12-,14-,15+,16-,17?/m1/s1. The smallest absolute Gasteiger partial charge is 0.305 e. The quantitative estimate of drug-likeness (QED) is 0.379. The van der Waals surface area contributed by atoms with Gasteiger partial charge < -0.3 is 29.5 Å². The molecule has 1 aliphatic heterocycles. The third kappa shape index (κ3) is 7.03. The molecule has 5 atom stereocenters. The van der Waals surface area contributed by atoms with Gasteiger partial charge in [-0.05, 0) is 6.42 Å². The molecule has 0 aromatic heterocycles. The lowest BCUT2D eigenvalue weighted by atomic mass is 9.99.